The van der Waals surface area contributed by atoms with Gasteiger partial charge in [0.25, 0.3) is 0 Å². The summed E-state index contributed by atoms with van der Waals surface area (Å²) in [4.78, 5) is 52.1. The van der Waals surface area contributed by atoms with Gasteiger partial charge < -0.3 is 14.4 Å². The zero-order valence-corrected chi connectivity index (χ0v) is 17.1. The van der Waals surface area contributed by atoms with Gasteiger partial charge in [-0.2, -0.15) is 0 Å². The van der Waals surface area contributed by atoms with E-state index < -0.39 is 11.9 Å². The fourth-order valence-corrected chi connectivity index (χ4v) is 3.82. The standard InChI is InChI=1S/C23H22N2O6/c1-30-18-7-2-5-16(12-18)24-14-15(11-22(24)28)23(29)31-19-8-3-6-17(13-19)25-20(26)9-4-10-21(25)27/h2-3,5-8,12-13,15H,4,9-11,14H2,1H3/t15-/m1/s1. The van der Waals surface area contributed by atoms with Crippen molar-refractivity contribution in [1.82, 2.24) is 0 Å². The van der Waals surface area contributed by atoms with Crippen LogP contribution >= 0.6 is 0 Å². The van der Waals surface area contributed by atoms with Crippen LogP contribution in [0.4, 0.5) is 11.4 Å². The summed E-state index contributed by atoms with van der Waals surface area (Å²) < 4.78 is 10.7. The van der Waals surface area contributed by atoms with Gasteiger partial charge in [-0.25, -0.2) is 0 Å². The van der Waals surface area contributed by atoms with Crippen molar-refractivity contribution in [2.24, 2.45) is 5.92 Å². The molecule has 0 bridgehead atoms. The Bertz CT molecular complexity index is 1030. The second-order valence-electron chi connectivity index (χ2n) is 7.50. The van der Waals surface area contributed by atoms with Crippen molar-refractivity contribution in [3.63, 3.8) is 0 Å². The molecule has 0 radical (unpaired) electrons. The molecule has 160 valence electrons. The average Bonchev–Trinajstić information content (AvgIpc) is 3.16. The third-order valence-electron chi connectivity index (χ3n) is 5.40. The zero-order valence-electron chi connectivity index (χ0n) is 17.1. The molecule has 2 saturated heterocycles. The van der Waals surface area contributed by atoms with Crippen LogP contribution in [0.25, 0.3) is 0 Å². The maximum absolute atomic E-state index is 12.7. The molecule has 3 amide bonds. The third kappa shape index (κ3) is 4.28. The van der Waals surface area contributed by atoms with Crippen LogP contribution in [0.3, 0.4) is 0 Å². The van der Waals surface area contributed by atoms with Gasteiger partial charge in [0.2, 0.25) is 17.7 Å². The highest BCUT2D eigenvalue weighted by atomic mass is 16.5. The first-order valence-electron chi connectivity index (χ1n) is 10.1. The number of nitrogens with zero attached hydrogens (tertiary/aromatic N) is 2. The molecule has 0 unspecified atom stereocenters. The first-order valence-corrected chi connectivity index (χ1v) is 10.1. The first kappa shape index (κ1) is 20.6. The summed E-state index contributed by atoms with van der Waals surface area (Å²) in [5.74, 6) is -1.03. The summed E-state index contributed by atoms with van der Waals surface area (Å²) in [6.45, 7) is 0.202. The second-order valence-corrected chi connectivity index (χ2v) is 7.50. The number of amides is 3. The molecule has 0 spiro atoms. The van der Waals surface area contributed by atoms with Crippen LogP contribution in [-0.4, -0.2) is 37.3 Å². The lowest BCUT2D eigenvalue weighted by atomic mass is 10.1. The molecule has 8 heteroatoms. The fraction of sp³-hybridized carbons (Fsp3) is 0.304. The van der Waals surface area contributed by atoms with E-state index in [2.05, 4.69) is 0 Å². The van der Waals surface area contributed by atoms with Crippen molar-refractivity contribution in [1.29, 1.82) is 0 Å². The highest BCUT2D eigenvalue weighted by Gasteiger charge is 2.36. The van der Waals surface area contributed by atoms with Crippen LogP contribution in [0.2, 0.25) is 0 Å². The van der Waals surface area contributed by atoms with Crippen LogP contribution in [0.1, 0.15) is 25.7 Å². The van der Waals surface area contributed by atoms with Crippen molar-refractivity contribution >= 4 is 35.1 Å². The molecular weight excluding hydrogens is 400 g/mol. The van der Waals surface area contributed by atoms with E-state index in [9.17, 15) is 19.2 Å². The lowest BCUT2D eigenvalue weighted by Crippen LogP contribution is -2.40. The lowest BCUT2D eigenvalue weighted by molar-refractivity contribution is -0.139. The van der Waals surface area contributed by atoms with Gasteiger partial charge in [-0.1, -0.05) is 12.1 Å². The molecule has 2 aromatic carbocycles. The number of piperidine rings is 1. The quantitative estimate of drug-likeness (QED) is 0.418. The van der Waals surface area contributed by atoms with E-state index in [1.807, 2.05) is 0 Å². The van der Waals surface area contributed by atoms with Gasteiger partial charge in [0.15, 0.2) is 0 Å². The number of anilines is 2. The zero-order chi connectivity index (χ0) is 22.0. The Morgan fingerprint density at radius 1 is 0.903 bits per heavy atom. The van der Waals surface area contributed by atoms with Gasteiger partial charge >= 0.3 is 5.97 Å². The Kier molecular flexibility index (Phi) is 5.70. The molecule has 2 aromatic rings. The smallest absolute Gasteiger partial charge is 0.316 e. The molecule has 4 rings (SSSR count). The number of carbonyl (C=O) groups is 4. The molecule has 2 aliphatic rings. The Hall–Kier alpha value is -3.68. The number of methoxy groups -OCH3 is 1. The topological polar surface area (TPSA) is 93.2 Å². The van der Waals surface area contributed by atoms with Crippen molar-refractivity contribution in [3.8, 4) is 11.5 Å². The number of rotatable bonds is 5. The number of imide groups is 1. The maximum atomic E-state index is 12.7. The fourth-order valence-electron chi connectivity index (χ4n) is 3.82. The molecule has 2 aliphatic heterocycles. The van der Waals surface area contributed by atoms with Gasteiger partial charge in [-0.15, -0.1) is 0 Å². The van der Waals surface area contributed by atoms with E-state index >= 15 is 0 Å². The molecule has 2 fully saturated rings. The predicted octanol–water partition coefficient (Wildman–Crippen LogP) is 2.70. The minimum atomic E-state index is -0.624. The van der Waals surface area contributed by atoms with Crippen LogP contribution in [0.15, 0.2) is 48.5 Å². The predicted molar refractivity (Wildman–Crippen MR) is 112 cm³/mol. The van der Waals surface area contributed by atoms with Gasteiger partial charge in [0, 0.05) is 43.6 Å². The van der Waals surface area contributed by atoms with Gasteiger partial charge in [-0.3, -0.25) is 24.1 Å². The molecule has 0 N–H and O–H groups in total. The second kappa shape index (κ2) is 8.59. The molecule has 1 atom stereocenters. The van der Waals surface area contributed by atoms with Gasteiger partial charge in [-0.05, 0) is 30.7 Å². The molecule has 31 heavy (non-hydrogen) atoms. The number of esters is 1. The molecular formula is C23H22N2O6. The van der Waals surface area contributed by atoms with Crippen molar-refractivity contribution in [2.45, 2.75) is 25.7 Å². The number of ether oxygens (including phenoxy) is 2. The van der Waals surface area contributed by atoms with Gasteiger partial charge in [0.05, 0.1) is 18.7 Å². The summed E-state index contributed by atoms with van der Waals surface area (Å²) in [5.41, 5.74) is 1.03. The lowest BCUT2D eigenvalue weighted by Gasteiger charge is -2.25. The van der Waals surface area contributed by atoms with Crippen LogP contribution in [-0.2, 0) is 19.2 Å². The van der Waals surface area contributed by atoms with Crippen LogP contribution < -0.4 is 19.3 Å². The normalized spacial score (nSPS) is 19.0. The van der Waals surface area contributed by atoms with Crippen molar-refractivity contribution in [3.05, 3.63) is 48.5 Å². The molecule has 0 aliphatic carbocycles. The number of hydrogen-bond acceptors (Lipinski definition) is 6. The Balaban J connectivity index is 1.46. The number of carbonyl (C=O) groups excluding carboxylic acids is 4. The van der Waals surface area contributed by atoms with E-state index in [0.717, 1.165) is 4.90 Å². The van der Waals surface area contributed by atoms with Crippen LogP contribution in [0, 0.1) is 5.92 Å². The Morgan fingerprint density at radius 2 is 1.55 bits per heavy atom. The number of hydrogen-bond donors (Lipinski definition) is 0. The van der Waals surface area contributed by atoms with Crippen molar-refractivity contribution in [2.75, 3.05) is 23.5 Å². The molecule has 0 saturated carbocycles. The van der Waals surface area contributed by atoms with E-state index in [1.54, 1.807) is 49.6 Å². The molecule has 0 aromatic heterocycles. The maximum Gasteiger partial charge on any atom is 0.316 e. The highest BCUT2D eigenvalue weighted by Crippen LogP contribution is 2.30. The minimum absolute atomic E-state index is 0.0405. The SMILES string of the molecule is COc1cccc(N2C[C@H](C(=O)Oc3cccc(N4C(=O)CCCC4=O)c3)CC2=O)c1. The van der Waals surface area contributed by atoms with E-state index in [1.165, 1.54) is 11.0 Å². The summed E-state index contributed by atoms with van der Waals surface area (Å²) in [6, 6.07) is 13.4. The Labute approximate surface area is 179 Å². The molecule has 2 heterocycles. The third-order valence-corrected chi connectivity index (χ3v) is 5.40. The summed E-state index contributed by atoms with van der Waals surface area (Å²) in [6.07, 6.45) is 1.20. The minimum Gasteiger partial charge on any atom is -0.497 e. The first-order chi connectivity index (χ1) is 15.0. The summed E-state index contributed by atoms with van der Waals surface area (Å²) in [5, 5.41) is 0. The Morgan fingerprint density at radius 3 is 2.26 bits per heavy atom. The van der Waals surface area contributed by atoms with E-state index in [-0.39, 0.29) is 36.4 Å². The van der Waals surface area contributed by atoms with E-state index in [4.69, 9.17) is 9.47 Å². The monoisotopic (exact) mass is 422 g/mol. The average molecular weight is 422 g/mol. The van der Waals surface area contributed by atoms with Crippen molar-refractivity contribution < 1.29 is 28.7 Å². The number of benzene rings is 2. The van der Waals surface area contributed by atoms with E-state index in [0.29, 0.717) is 36.4 Å². The largest absolute Gasteiger partial charge is 0.497 e. The highest BCUT2D eigenvalue weighted by molar-refractivity contribution is 6.16. The molecule has 8 nitrogen and oxygen atoms in total. The summed E-state index contributed by atoms with van der Waals surface area (Å²) >= 11 is 0. The summed E-state index contributed by atoms with van der Waals surface area (Å²) in [7, 11) is 1.55. The van der Waals surface area contributed by atoms with Crippen LogP contribution in [0.5, 0.6) is 11.5 Å². The van der Waals surface area contributed by atoms with Gasteiger partial charge in [0.1, 0.15) is 11.5 Å².